The van der Waals surface area contributed by atoms with Crippen molar-refractivity contribution >= 4 is 27.6 Å². The number of benzene rings is 2. The summed E-state index contributed by atoms with van der Waals surface area (Å²) >= 11 is 0. The van der Waals surface area contributed by atoms with E-state index >= 15 is 0 Å². The van der Waals surface area contributed by atoms with Gasteiger partial charge in [0.2, 0.25) is 10.0 Å². The fourth-order valence-corrected chi connectivity index (χ4v) is 3.10. The van der Waals surface area contributed by atoms with E-state index < -0.39 is 10.0 Å². The molecule has 2 aromatic carbocycles. The zero-order chi connectivity index (χ0) is 19.9. The SMILES string of the molecule is CN=C/C=C(\N)c1cc(-c2ccc(C)cc2)ccc1NCCS(=O)(=O)NC. The van der Waals surface area contributed by atoms with Crippen molar-refractivity contribution in [3.8, 4) is 11.1 Å². The molecular weight excluding hydrogens is 360 g/mol. The predicted octanol–water partition coefficient (Wildman–Crippen LogP) is 2.62. The summed E-state index contributed by atoms with van der Waals surface area (Å²) in [6.45, 7) is 2.32. The number of nitrogens with one attached hydrogen (secondary N) is 2. The van der Waals surface area contributed by atoms with Crippen molar-refractivity contribution in [3.05, 3.63) is 59.7 Å². The second-order valence-corrected chi connectivity index (χ2v) is 8.15. The molecule has 0 fully saturated rings. The Morgan fingerprint density at radius 1 is 1.15 bits per heavy atom. The van der Waals surface area contributed by atoms with Crippen molar-refractivity contribution in [2.45, 2.75) is 6.92 Å². The minimum atomic E-state index is -3.27. The fourth-order valence-electron chi connectivity index (χ4n) is 2.53. The van der Waals surface area contributed by atoms with Crippen LogP contribution < -0.4 is 15.8 Å². The second-order valence-electron chi connectivity index (χ2n) is 6.11. The Labute approximate surface area is 161 Å². The molecule has 0 aromatic heterocycles. The normalized spacial score (nSPS) is 12.5. The van der Waals surface area contributed by atoms with Gasteiger partial charge in [-0.1, -0.05) is 35.9 Å². The van der Waals surface area contributed by atoms with Crippen molar-refractivity contribution in [2.24, 2.45) is 10.7 Å². The van der Waals surface area contributed by atoms with Gasteiger partial charge in [-0.15, -0.1) is 0 Å². The number of rotatable bonds is 8. The summed E-state index contributed by atoms with van der Waals surface area (Å²) in [7, 11) is -0.192. The van der Waals surface area contributed by atoms with Gasteiger partial charge in [0.1, 0.15) is 0 Å². The minimum Gasteiger partial charge on any atom is -0.398 e. The van der Waals surface area contributed by atoms with Gasteiger partial charge >= 0.3 is 0 Å². The molecule has 0 amide bonds. The first-order valence-electron chi connectivity index (χ1n) is 8.61. The summed E-state index contributed by atoms with van der Waals surface area (Å²) < 4.78 is 25.5. The number of aliphatic imine (C=N–C) groups is 1. The Morgan fingerprint density at radius 2 is 1.81 bits per heavy atom. The van der Waals surface area contributed by atoms with Gasteiger partial charge in [-0.25, -0.2) is 13.1 Å². The quantitative estimate of drug-likeness (QED) is 0.608. The Bertz CT molecular complexity index is 933. The fraction of sp³-hybridized carbons (Fsp3) is 0.250. The van der Waals surface area contributed by atoms with Crippen LogP contribution in [0.25, 0.3) is 16.8 Å². The number of allylic oxidation sites excluding steroid dienone is 1. The van der Waals surface area contributed by atoms with Gasteiger partial charge in [0.25, 0.3) is 0 Å². The molecule has 2 aromatic rings. The lowest BCUT2D eigenvalue weighted by Crippen LogP contribution is -2.26. The highest BCUT2D eigenvalue weighted by molar-refractivity contribution is 7.89. The number of nitrogens with zero attached hydrogens (tertiary/aromatic N) is 1. The van der Waals surface area contributed by atoms with Crippen LogP contribution >= 0.6 is 0 Å². The minimum absolute atomic E-state index is 0.0251. The van der Waals surface area contributed by atoms with E-state index in [9.17, 15) is 8.42 Å². The van der Waals surface area contributed by atoms with Gasteiger partial charge in [0.05, 0.1) is 5.75 Å². The van der Waals surface area contributed by atoms with Gasteiger partial charge in [0, 0.05) is 36.8 Å². The van der Waals surface area contributed by atoms with E-state index in [0.717, 1.165) is 22.4 Å². The van der Waals surface area contributed by atoms with Crippen LogP contribution in [0.2, 0.25) is 0 Å². The molecule has 0 aliphatic heterocycles. The van der Waals surface area contributed by atoms with Crippen LogP contribution in [0.5, 0.6) is 0 Å². The molecule has 0 heterocycles. The lowest BCUT2D eigenvalue weighted by Gasteiger charge is -2.14. The van der Waals surface area contributed by atoms with Gasteiger partial charge < -0.3 is 11.1 Å². The Morgan fingerprint density at radius 3 is 2.44 bits per heavy atom. The maximum Gasteiger partial charge on any atom is 0.213 e. The molecular formula is C20H26N4O2S. The van der Waals surface area contributed by atoms with E-state index in [4.69, 9.17) is 5.73 Å². The van der Waals surface area contributed by atoms with Crippen molar-refractivity contribution in [3.63, 3.8) is 0 Å². The van der Waals surface area contributed by atoms with Crippen molar-refractivity contribution < 1.29 is 8.42 Å². The van der Waals surface area contributed by atoms with Crippen LogP contribution in [0, 0.1) is 6.92 Å². The molecule has 0 bridgehead atoms. The smallest absolute Gasteiger partial charge is 0.213 e. The lowest BCUT2D eigenvalue weighted by molar-refractivity contribution is 0.588. The standard InChI is InChI=1S/C20H26N4O2S/c1-15-4-6-16(7-5-15)17-8-9-20(24-12-13-27(25,26)23-3)18(14-17)19(21)10-11-22-2/h4-11,14,23-24H,12-13,21H2,1-3H3/b19-10-,22-11?. The van der Waals surface area contributed by atoms with Crippen LogP contribution in [-0.2, 0) is 10.0 Å². The number of sulfonamides is 1. The van der Waals surface area contributed by atoms with E-state index in [1.807, 2.05) is 25.1 Å². The first kappa shape index (κ1) is 20.7. The third kappa shape index (κ3) is 5.94. The molecule has 6 nitrogen and oxygen atoms in total. The molecule has 0 aliphatic carbocycles. The number of aryl methyl sites for hydroxylation is 1. The highest BCUT2D eigenvalue weighted by atomic mass is 32.2. The Balaban J connectivity index is 2.36. The third-order valence-corrected chi connectivity index (χ3v) is 5.48. The Hall–Kier alpha value is -2.64. The molecule has 27 heavy (non-hydrogen) atoms. The number of hydrogen-bond acceptors (Lipinski definition) is 5. The summed E-state index contributed by atoms with van der Waals surface area (Å²) in [5.41, 5.74) is 11.7. The molecule has 4 N–H and O–H groups in total. The zero-order valence-electron chi connectivity index (χ0n) is 15.9. The first-order chi connectivity index (χ1) is 12.9. The molecule has 2 rings (SSSR count). The van der Waals surface area contributed by atoms with Crippen LogP contribution in [0.15, 0.2) is 53.5 Å². The number of hydrogen-bond donors (Lipinski definition) is 3. The summed E-state index contributed by atoms with van der Waals surface area (Å²) in [4.78, 5) is 3.94. The van der Waals surface area contributed by atoms with Crippen molar-refractivity contribution in [1.29, 1.82) is 0 Å². The van der Waals surface area contributed by atoms with E-state index in [1.165, 1.54) is 12.6 Å². The van der Waals surface area contributed by atoms with Gasteiger partial charge in [-0.05, 0) is 43.3 Å². The highest BCUT2D eigenvalue weighted by Crippen LogP contribution is 2.28. The third-order valence-electron chi connectivity index (χ3n) is 4.12. The van der Waals surface area contributed by atoms with E-state index in [-0.39, 0.29) is 12.3 Å². The average Bonchev–Trinajstić information content (AvgIpc) is 2.67. The largest absolute Gasteiger partial charge is 0.398 e. The summed E-state index contributed by atoms with van der Waals surface area (Å²) in [5, 5.41) is 3.16. The van der Waals surface area contributed by atoms with Gasteiger partial charge in [-0.2, -0.15) is 0 Å². The van der Waals surface area contributed by atoms with Crippen molar-refractivity contribution in [2.75, 3.05) is 31.7 Å². The monoisotopic (exact) mass is 386 g/mol. The molecule has 0 spiro atoms. The number of nitrogens with two attached hydrogens (primary N) is 1. The molecule has 0 radical (unpaired) electrons. The van der Waals surface area contributed by atoms with Gasteiger partial charge in [0.15, 0.2) is 0 Å². The van der Waals surface area contributed by atoms with E-state index in [2.05, 4.69) is 39.3 Å². The molecule has 7 heteroatoms. The van der Waals surface area contributed by atoms with E-state index in [0.29, 0.717) is 5.70 Å². The zero-order valence-corrected chi connectivity index (χ0v) is 16.7. The topological polar surface area (TPSA) is 96.6 Å². The van der Waals surface area contributed by atoms with Crippen LogP contribution in [0.1, 0.15) is 11.1 Å². The van der Waals surface area contributed by atoms with Crippen LogP contribution in [0.4, 0.5) is 5.69 Å². The second kappa shape index (κ2) is 9.34. The lowest BCUT2D eigenvalue weighted by atomic mass is 9.99. The summed E-state index contributed by atoms with van der Waals surface area (Å²) in [6, 6.07) is 14.2. The molecule has 0 aliphatic rings. The maximum absolute atomic E-state index is 11.6. The predicted molar refractivity (Wildman–Crippen MR) is 115 cm³/mol. The summed E-state index contributed by atoms with van der Waals surface area (Å²) in [5.74, 6) is -0.0251. The molecule has 0 atom stereocenters. The summed E-state index contributed by atoms with van der Waals surface area (Å²) in [6.07, 6.45) is 3.35. The Kier molecular flexibility index (Phi) is 7.15. The van der Waals surface area contributed by atoms with E-state index in [1.54, 1.807) is 19.3 Å². The van der Waals surface area contributed by atoms with Gasteiger partial charge in [-0.3, -0.25) is 4.99 Å². The van der Waals surface area contributed by atoms with Crippen LogP contribution in [-0.4, -0.2) is 41.0 Å². The number of anilines is 1. The molecule has 0 unspecified atom stereocenters. The first-order valence-corrected chi connectivity index (χ1v) is 10.3. The highest BCUT2D eigenvalue weighted by Gasteiger charge is 2.10. The molecule has 144 valence electrons. The maximum atomic E-state index is 11.6. The molecule has 0 saturated carbocycles. The molecule has 0 saturated heterocycles. The van der Waals surface area contributed by atoms with Crippen molar-refractivity contribution in [1.82, 2.24) is 4.72 Å². The average molecular weight is 387 g/mol. The van der Waals surface area contributed by atoms with Crippen LogP contribution in [0.3, 0.4) is 0 Å².